The highest BCUT2D eigenvalue weighted by Gasteiger charge is 2.34. The van der Waals surface area contributed by atoms with Gasteiger partial charge in [0.1, 0.15) is 0 Å². The zero-order valence-electron chi connectivity index (χ0n) is 61.2. The maximum absolute atomic E-state index is 16.8. The molecule has 0 spiro atoms. The van der Waals surface area contributed by atoms with Crippen molar-refractivity contribution < 1.29 is 0 Å². The lowest BCUT2D eigenvalue weighted by Gasteiger charge is -2.28. The second kappa shape index (κ2) is 26.0. The van der Waals surface area contributed by atoms with Crippen LogP contribution in [0.15, 0.2) is 213 Å². The Labute approximate surface area is 637 Å². The average Bonchev–Trinajstić information content (AvgIpc) is 0.649. The summed E-state index contributed by atoms with van der Waals surface area (Å²) in [5.74, 6) is 0. The van der Waals surface area contributed by atoms with Crippen LogP contribution >= 0.6 is 34.8 Å². The zero-order chi connectivity index (χ0) is 73.2. The first-order valence-electron chi connectivity index (χ1n) is 39.4. The van der Waals surface area contributed by atoms with E-state index in [-0.39, 0.29) is 34.3 Å². The molecule has 6 nitrogen and oxygen atoms in total. The van der Waals surface area contributed by atoms with E-state index in [2.05, 4.69) is 222 Å². The van der Waals surface area contributed by atoms with Crippen molar-refractivity contribution in [1.82, 2.24) is 9.13 Å². The molecule has 0 aliphatic rings. The number of benzene rings is 19. The molecule has 0 fully saturated rings. The van der Waals surface area contributed by atoms with E-state index in [0.29, 0.717) is 32.3 Å². The Hall–Kier alpha value is -10.2. The second-order valence-corrected chi connectivity index (χ2v) is 33.1. The van der Waals surface area contributed by atoms with Crippen LogP contribution in [-0.4, -0.2) is 13.4 Å². The number of halogens is 3. The smallest absolute Gasteiger partial charge is 0.261 e. The van der Waals surface area contributed by atoms with Crippen molar-refractivity contribution in [3.8, 4) is 0 Å². The number of fused-ring (bicyclic) bond motifs is 26. The van der Waals surface area contributed by atoms with E-state index in [9.17, 15) is 0 Å². The number of unbranched alkanes of at least 4 members (excludes halogenated alkanes) is 8. The topological polar surface area (TPSA) is 78.1 Å². The summed E-state index contributed by atoms with van der Waals surface area (Å²) in [7, 11) is 0. The molecule has 0 N–H and O–H groups in total. The average molecular weight is 1470 g/mol. The normalized spacial score (nSPS) is 12.8. The Kier molecular flexibility index (Phi) is 16.2. The van der Waals surface area contributed by atoms with Gasteiger partial charge < -0.3 is 0 Å². The molecule has 0 saturated heterocycles. The largest absolute Gasteiger partial charge is 0.271 e. The third-order valence-corrected chi connectivity index (χ3v) is 25.2. The van der Waals surface area contributed by atoms with Gasteiger partial charge in [-0.15, -0.1) is 0 Å². The molecule has 0 unspecified atom stereocenters. The Balaban J connectivity index is 0.00000188. The summed E-state index contributed by atoms with van der Waals surface area (Å²) in [5.41, 5.74) is -0.929. The summed E-state index contributed by atoms with van der Waals surface area (Å²) in [4.78, 5) is 67.1. The first-order valence-corrected chi connectivity index (χ1v) is 40.7. The number of alkyl halides is 3. The third kappa shape index (κ3) is 9.71. The summed E-state index contributed by atoms with van der Waals surface area (Å²) in [6.07, 6.45) is 14.8. The standard InChI is InChI=1S/C98H78N2O4.CHCl3/c1-5-9-13-23-63(24-14-10-6-2)99-95(101)73-49-69-67-47-45-62-44-42-60-40-38-58-36-34-56-32-30-54-22-18-20-28-66(54)78(56)80(58)82(60)84(62)86(67)72-52-76-88-74(96(102)100(98(76)104)64(25-15-11-7-3)26-16-12-8-4)50-70-68-48-46-61-43-41-59-39-37-57-35-33-55-31-29-53-21-17-19-27-65(53)77(55)79(57)81(59)83(61)85(68)71-51-75(97(99)103)87(73)93-89(69)92(72)94(88)90(70)91(71)93;2-1(3)4/h17-22,27-52,63-64H,5-16,23-26H2,1-4H3;1H. The molecule has 0 aliphatic heterocycles. The van der Waals surface area contributed by atoms with E-state index < -0.39 is 4.30 Å². The van der Waals surface area contributed by atoms with Crippen molar-refractivity contribution >= 4 is 250 Å². The van der Waals surface area contributed by atoms with Crippen molar-refractivity contribution in [2.24, 2.45) is 0 Å². The molecule has 9 heteroatoms. The zero-order valence-corrected chi connectivity index (χ0v) is 63.5. The quantitative estimate of drug-likeness (QED) is 0.0371. The number of hydrogen-bond acceptors (Lipinski definition) is 4. The van der Waals surface area contributed by atoms with E-state index in [1.165, 1.54) is 43.1 Å². The Morgan fingerprint density at radius 2 is 0.454 bits per heavy atom. The molecule has 0 amide bonds. The molecule has 0 bridgehead atoms. The third-order valence-electron chi connectivity index (χ3n) is 25.2. The van der Waals surface area contributed by atoms with Crippen molar-refractivity contribution in [3.63, 3.8) is 0 Å². The molecular weight excluding hydrogens is 1390 g/mol. The van der Waals surface area contributed by atoms with E-state index >= 15 is 19.2 Å². The highest BCUT2D eigenvalue weighted by Crippen LogP contribution is 2.58. The van der Waals surface area contributed by atoms with Crippen LogP contribution < -0.4 is 22.2 Å². The number of nitrogens with zero attached hydrogens (tertiary/aromatic N) is 2. The number of rotatable bonds is 18. The molecule has 530 valence electrons. The highest BCUT2D eigenvalue weighted by molar-refractivity contribution is 6.63. The first-order chi connectivity index (χ1) is 52.9. The fourth-order valence-electron chi connectivity index (χ4n) is 20.6. The van der Waals surface area contributed by atoms with Gasteiger partial charge in [-0.25, -0.2) is 0 Å². The molecule has 108 heavy (non-hydrogen) atoms. The lowest BCUT2D eigenvalue weighted by Crippen LogP contribution is -2.37. The van der Waals surface area contributed by atoms with Crippen molar-refractivity contribution in [1.29, 1.82) is 0 Å². The minimum absolute atomic E-state index is 0.232. The monoisotopic (exact) mass is 1460 g/mol. The summed E-state index contributed by atoms with van der Waals surface area (Å²) in [6.45, 7) is 8.89. The van der Waals surface area contributed by atoms with Crippen LogP contribution in [0, 0.1) is 0 Å². The van der Waals surface area contributed by atoms with E-state index in [4.69, 9.17) is 34.8 Å². The van der Waals surface area contributed by atoms with Crippen LogP contribution in [0.25, 0.3) is 215 Å². The van der Waals surface area contributed by atoms with Crippen LogP contribution in [0.4, 0.5) is 0 Å². The molecular formula is C99H79Cl3N2O4. The Morgan fingerprint density at radius 3 is 0.759 bits per heavy atom. The van der Waals surface area contributed by atoms with Crippen LogP contribution in [0.3, 0.4) is 0 Å². The maximum Gasteiger partial charge on any atom is 0.261 e. The fraction of sp³-hybridized carbons (Fsp3) is 0.232. The van der Waals surface area contributed by atoms with Gasteiger partial charge in [0.25, 0.3) is 22.2 Å². The predicted octanol–water partition coefficient (Wildman–Crippen LogP) is 28.4. The molecule has 0 atom stereocenters. The van der Waals surface area contributed by atoms with E-state index in [1.54, 1.807) is 9.13 Å². The first kappa shape index (κ1) is 67.2. The maximum atomic E-state index is 16.8. The summed E-state index contributed by atoms with van der Waals surface area (Å²) >= 11 is 14.4. The van der Waals surface area contributed by atoms with Crippen molar-refractivity contribution in [2.45, 2.75) is 147 Å². The Morgan fingerprint density at radius 1 is 0.222 bits per heavy atom. The number of aromatic nitrogens is 2. The molecule has 2 heterocycles. The van der Waals surface area contributed by atoms with Crippen molar-refractivity contribution in [3.05, 3.63) is 236 Å². The van der Waals surface area contributed by atoms with Gasteiger partial charge in [0.05, 0.1) is 0 Å². The minimum atomic E-state index is -0.750. The summed E-state index contributed by atoms with van der Waals surface area (Å²) in [5, 5.41) is 39.7. The van der Waals surface area contributed by atoms with Gasteiger partial charge in [0, 0.05) is 55.2 Å². The number of hydrogen-bond donors (Lipinski definition) is 0. The SMILES string of the molecule is CCCCCC(CCCCC)n1c(=O)c2cc3c4ccc5ccc6ccc7ccc8ccc9ccccc9c8c7c6c5c4c4cc5c(=O)n(C(CCCCC)CCCCC)c(=O)c6cc7c8ccc9ccc%10ccc%11ccc%12ccc%13ccccc%13c%12c%11c%10c9c8c8cc(c1=O)c2c1c3c4c(c65)c7c81.ClC(Cl)Cl. The highest BCUT2D eigenvalue weighted by atomic mass is 35.6. The van der Waals surface area contributed by atoms with Gasteiger partial charge in [-0.3, -0.25) is 28.3 Å². The number of pyridine rings is 2. The molecule has 21 rings (SSSR count). The lowest BCUT2D eigenvalue weighted by molar-refractivity contribution is 0.387. The molecule has 0 aliphatic carbocycles. The van der Waals surface area contributed by atoms with Crippen LogP contribution in [0.2, 0.25) is 0 Å². The Bertz CT molecular complexity index is 7110. The van der Waals surface area contributed by atoms with Crippen LogP contribution in [0.5, 0.6) is 0 Å². The van der Waals surface area contributed by atoms with Gasteiger partial charge in [-0.2, -0.15) is 0 Å². The lowest BCUT2D eigenvalue weighted by atomic mass is 9.76. The molecule has 2 aromatic heterocycles. The molecule has 0 saturated carbocycles. The summed E-state index contributed by atoms with van der Waals surface area (Å²) in [6, 6.07) is 71.1. The van der Waals surface area contributed by atoms with Gasteiger partial charge >= 0.3 is 0 Å². The molecule has 21 aromatic rings. The van der Waals surface area contributed by atoms with Gasteiger partial charge in [0.2, 0.25) is 0 Å². The molecule has 19 aromatic carbocycles. The van der Waals surface area contributed by atoms with E-state index in [1.807, 2.05) is 0 Å². The van der Waals surface area contributed by atoms with E-state index in [0.717, 1.165) is 243 Å². The van der Waals surface area contributed by atoms with Gasteiger partial charge in [-0.1, -0.05) is 309 Å². The fourth-order valence-corrected chi connectivity index (χ4v) is 20.6. The van der Waals surface area contributed by atoms with Crippen LogP contribution in [-0.2, 0) is 0 Å². The minimum Gasteiger partial charge on any atom is -0.271 e. The summed E-state index contributed by atoms with van der Waals surface area (Å²) < 4.78 is 2.69. The van der Waals surface area contributed by atoms with Gasteiger partial charge in [0.15, 0.2) is 4.30 Å². The van der Waals surface area contributed by atoms with Crippen LogP contribution in [0.1, 0.15) is 143 Å². The predicted molar refractivity (Wildman–Crippen MR) is 470 cm³/mol. The van der Waals surface area contributed by atoms with Gasteiger partial charge in [-0.05, 0) is 222 Å². The second-order valence-electron chi connectivity index (χ2n) is 31.1. The molecule has 0 radical (unpaired) electrons. The van der Waals surface area contributed by atoms with Crippen molar-refractivity contribution in [2.75, 3.05) is 0 Å².